The topological polar surface area (TPSA) is 69.7 Å². The molecule has 0 spiro atoms. The molecule has 0 atom stereocenters. The zero-order chi connectivity index (χ0) is 36.7. The average molecular weight is 730 g/mol. The molecule has 1 aliphatic rings. The van der Waals surface area contributed by atoms with Crippen molar-refractivity contribution >= 4 is 21.6 Å². The van der Waals surface area contributed by atoms with Gasteiger partial charge in [-0.15, -0.1) is 0 Å². The zero-order valence-electron chi connectivity index (χ0n) is 32.2. The highest BCUT2D eigenvalue weighted by Gasteiger charge is 2.32. The van der Waals surface area contributed by atoms with Gasteiger partial charge in [-0.2, -0.15) is 4.31 Å². The van der Waals surface area contributed by atoms with Crippen LogP contribution in [-0.4, -0.2) is 49.7 Å². The van der Waals surface area contributed by atoms with E-state index in [-0.39, 0.29) is 16.8 Å². The second kappa shape index (κ2) is 24.3. The van der Waals surface area contributed by atoms with Crippen LogP contribution in [0, 0.1) is 0 Å². The van der Waals surface area contributed by atoms with Crippen molar-refractivity contribution in [2.24, 2.45) is 0 Å². The van der Waals surface area contributed by atoms with Crippen molar-refractivity contribution in [3.63, 3.8) is 0 Å². The van der Waals surface area contributed by atoms with E-state index in [1.807, 2.05) is 12.1 Å². The molecule has 0 unspecified atom stereocenters. The van der Waals surface area contributed by atoms with E-state index >= 15 is 0 Å². The van der Waals surface area contributed by atoms with Crippen LogP contribution >= 0.6 is 0 Å². The summed E-state index contributed by atoms with van der Waals surface area (Å²) in [5.74, 6) is -0.00918. The Hall–Kier alpha value is -3.00. The summed E-state index contributed by atoms with van der Waals surface area (Å²) in [5, 5.41) is 2.95. The molecule has 0 bridgehead atoms. The molecular weight excluding hydrogens is 663 g/mol. The van der Waals surface area contributed by atoms with Gasteiger partial charge in [0.1, 0.15) is 0 Å². The van der Waals surface area contributed by atoms with Crippen molar-refractivity contribution in [2.75, 3.05) is 31.5 Å². The van der Waals surface area contributed by atoms with E-state index in [4.69, 9.17) is 0 Å². The highest BCUT2D eigenvalue weighted by atomic mass is 32.2. The normalized spacial score (nSPS) is 14.2. The number of piperazine rings is 1. The van der Waals surface area contributed by atoms with Crippen LogP contribution in [0.15, 0.2) is 89.8 Å². The molecule has 1 fully saturated rings. The summed E-state index contributed by atoms with van der Waals surface area (Å²) in [6, 6.07) is 27.6. The lowest BCUT2D eigenvalue weighted by Crippen LogP contribution is -2.49. The minimum atomic E-state index is -3.63. The number of unbranched alkanes of at least 4 members (excludes halogenated alkanes) is 18. The zero-order valence-corrected chi connectivity index (χ0v) is 33.0. The van der Waals surface area contributed by atoms with Gasteiger partial charge < -0.3 is 5.32 Å². The Morgan fingerprint density at radius 1 is 0.558 bits per heavy atom. The number of carbonyl (C=O) groups excluding carboxylic acids is 1. The Morgan fingerprint density at radius 2 is 0.962 bits per heavy atom. The molecule has 0 aliphatic carbocycles. The summed E-state index contributed by atoms with van der Waals surface area (Å²) < 4.78 is 28.7. The van der Waals surface area contributed by atoms with Gasteiger partial charge in [-0.1, -0.05) is 183 Å². The largest absolute Gasteiger partial charge is 0.326 e. The van der Waals surface area contributed by atoms with Crippen molar-refractivity contribution in [3.05, 3.63) is 96.1 Å². The van der Waals surface area contributed by atoms with Crippen molar-refractivity contribution in [2.45, 2.75) is 146 Å². The van der Waals surface area contributed by atoms with Gasteiger partial charge in [-0.3, -0.25) is 9.69 Å². The standard InChI is InChI=1S/C45H67N3O3S/c1-2-3-4-5-6-7-8-9-10-11-12-13-14-15-16-17-18-19-26-31-44(49)46-42-32-34-43(35-33-42)52(50,51)48-38-36-47(37-39-48)45(40-27-22-20-23-28-40)41-29-24-21-25-30-41/h20-25,27-30,32-35,45H,2-19,26,31,36-39H2,1H3,(H,46,49). The first-order valence-electron chi connectivity index (χ1n) is 20.7. The van der Waals surface area contributed by atoms with Crippen LogP contribution in [0.25, 0.3) is 0 Å². The molecule has 4 rings (SSSR count). The number of hydrogen-bond donors (Lipinski definition) is 1. The smallest absolute Gasteiger partial charge is 0.243 e. The van der Waals surface area contributed by atoms with Crippen molar-refractivity contribution in [3.8, 4) is 0 Å². The van der Waals surface area contributed by atoms with E-state index < -0.39 is 10.0 Å². The molecule has 1 heterocycles. The van der Waals surface area contributed by atoms with E-state index in [1.165, 1.54) is 120 Å². The minimum absolute atomic E-state index is 0.00918. The molecule has 52 heavy (non-hydrogen) atoms. The van der Waals surface area contributed by atoms with Gasteiger partial charge in [0.05, 0.1) is 10.9 Å². The maximum Gasteiger partial charge on any atom is 0.243 e. The summed E-state index contributed by atoms with van der Waals surface area (Å²) in [5.41, 5.74) is 3.05. The van der Waals surface area contributed by atoms with Crippen LogP contribution in [-0.2, 0) is 14.8 Å². The summed E-state index contributed by atoms with van der Waals surface area (Å²) in [4.78, 5) is 15.2. The fourth-order valence-corrected chi connectivity index (χ4v) is 8.96. The molecule has 3 aromatic rings. The lowest BCUT2D eigenvalue weighted by Gasteiger charge is -2.39. The number of carbonyl (C=O) groups is 1. The van der Waals surface area contributed by atoms with Gasteiger partial charge >= 0.3 is 0 Å². The van der Waals surface area contributed by atoms with Crippen molar-refractivity contribution in [1.29, 1.82) is 0 Å². The summed E-state index contributed by atoms with van der Waals surface area (Å²) in [6.07, 6.45) is 25.8. The molecular formula is C45H67N3O3S. The monoisotopic (exact) mass is 729 g/mol. The van der Waals surface area contributed by atoms with Crippen LogP contribution in [0.3, 0.4) is 0 Å². The molecule has 1 saturated heterocycles. The Balaban J connectivity index is 1.05. The Labute approximate surface area is 316 Å². The molecule has 1 aliphatic heterocycles. The Morgan fingerprint density at radius 3 is 1.38 bits per heavy atom. The number of anilines is 1. The third kappa shape index (κ3) is 14.8. The highest BCUT2D eigenvalue weighted by Crippen LogP contribution is 2.30. The second-order valence-corrected chi connectivity index (χ2v) is 16.8. The molecule has 3 aromatic carbocycles. The van der Waals surface area contributed by atoms with Gasteiger partial charge in [-0.25, -0.2) is 8.42 Å². The first-order chi connectivity index (χ1) is 25.5. The van der Waals surface area contributed by atoms with Crippen LogP contribution in [0.1, 0.15) is 153 Å². The molecule has 1 N–H and O–H groups in total. The average Bonchev–Trinajstić information content (AvgIpc) is 3.17. The van der Waals surface area contributed by atoms with Crippen LogP contribution in [0.5, 0.6) is 0 Å². The maximum atomic E-state index is 13.6. The molecule has 0 saturated carbocycles. The van der Waals surface area contributed by atoms with Crippen molar-refractivity contribution in [1.82, 2.24) is 9.21 Å². The lowest BCUT2D eigenvalue weighted by atomic mass is 9.96. The van der Waals surface area contributed by atoms with Gasteiger partial charge in [-0.05, 0) is 41.8 Å². The van der Waals surface area contributed by atoms with E-state index in [1.54, 1.807) is 28.6 Å². The van der Waals surface area contributed by atoms with Crippen molar-refractivity contribution < 1.29 is 13.2 Å². The molecule has 286 valence electrons. The maximum absolute atomic E-state index is 13.6. The second-order valence-electron chi connectivity index (χ2n) is 14.9. The third-order valence-corrected chi connectivity index (χ3v) is 12.6. The predicted molar refractivity (Wildman–Crippen MR) is 218 cm³/mol. The van der Waals surface area contributed by atoms with Gasteiger partial charge in [0.25, 0.3) is 0 Å². The van der Waals surface area contributed by atoms with Crippen LogP contribution < -0.4 is 5.32 Å². The number of amides is 1. The van der Waals surface area contributed by atoms with Gasteiger partial charge in [0.15, 0.2) is 0 Å². The molecule has 0 aromatic heterocycles. The fraction of sp³-hybridized carbons (Fsp3) is 0.578. The number of nitrogens with zero attached hydrogens (tertiary/aromatic N) is 2. The van der Waals surface area contributed by atoms with E-state index in [2.05, 4.69) is 65.7 Å². The van der Waals surface area contributed by atoms with E-state index in [0.717, 1.165) is 12.8 Å². The minimum Gasteiger partial charge on any atom is -0.326 e. The SMILES string of the molecule is CCCCCCCCCCCCCCCCCCCCCC(=O)Nc1ccc(S(=O)(=O)N2CCN(C(c3ccccc3)c3ccccc3)CC2)cc1. The predicted octanol–water partition coefficient (Wildman–Crippen LogP) is 11.5. The Kier molecular flexibility index (Phi) is 19.5. The first kappa shape index (κ1) is 41.8. The van der Waals surface area contributed by atoms with Gasteiger partial charge in [0.2, 0.25) is 15.9 Å². The number of hydrogen-bond acceptors (Lipinski definition) is 4. The number of benzene rings is 3. The van der Waals surface area contributed by atoms with Gasteiger partial charge in [0, 0.05) is 38.3 Å². The van der Waals surface area contributed by atoms with E-state index in [9.17, 15) is 13.2 Å². The van der Waals surface area contributed by atoms with Crippen LogP contribution in [0.2, 0.25) is 0 Å². The molecule has 1 amide bonds. The van der Waals surface area contributed by atoms with E-state index in [0.29, 0.717) is 38.3 Å². The third-order valence-electron chi connectivity index (χ3n) is 10.7. The lowest BCUT2D eigenvalue weighted by molar-refractivity contribution is -0.116. The number of rotatable bonds is 26. The number of sulfonamides is 1. The first-order valence-corrected chi connectivity index (χ1v) is 22.2. The summed E-state index contributed by atoms with van der Waals surface area (Å²) >= 11 is 0. The van der Waals surface area contributed by atoms with Crippen LogP contribution in [0.4, 0.5) is 5.69 Å². The number of nitrogens with one attached hydrogen (secondary N) is 1. The molecule has 0 radical (unpaired) electrons. The fourth-order valence-electron chi connectivity index (χ4n) is 7.53. The molecule has 7 heteroatoms. The summed E-state index contributed by atoms with van der Waals surface area (Å²) in [7, 11) is -3.63. The summed E-state index contributed by atoms with van der Waals surface area (Å²) in [6.45, 7) is 4.42. The highest BCUT2D eigenvalue weighted by molar-refractivity contribution is 7.89. The molecule has 6 nitrogen and oxygen atoms in total. The quantitative estimate of drug-likeness (QED) is 0.0835. The Bertz CT molecular complexity index is 1430.